The molecule has 0 radical (unpaired) electrons. The van der Waals surface area contributed by atoms with Crippen LogP contribution in [0.15, 0.2) is 77.6 Å². The van der Waals surface area contributed by atoms with Gasteiger partial charge in [-0.3, -0.25) is 9.36 Å². The Labute approximate surface area is 159 Å². The highest BCUT2D eigenvalue weighted by Gasteiger charge is 2.08. The highest BCUT2D eigenvalue weighted by Crippen LogP contribution is 2.22. The highest BCUT2D eigenvalue weighted by atomic mass is 35.5. The first-order valence-electron chi connectivity index (χ1n) is 7.90. The molecule has 0 spiro atoms. The lowest BCUT2D eigenvalue weighted by atomic mass is 10.2. The van der Waals surface area contributed by atoms with Crippen LogP contribution in [-0.2, 0) is 0 Å². The number of nitrogens with one attached hydrogen (secondary N) is 1. The Morgan fingerprint density at radius 1 is 0.923 bits per heavy atom. The van der Waals surface area contributed by atoms with E-state index in [9.17, 15) is 4.79 Å². The van der Waals surface area contributed by atoms with E-state index < -0.39 is 0 Å². The molecule has 0 aliphatic heterocycles. The van der Waals surface area contributed by atoms with Gasteiger partial charge in [-0.1, -0.05) is 29.8 Å². The fraction of sp³-hybridized carbons (Fsp3) is 0. The molecule has 1 aromatic heterocycles. The average Bonchev–Trinajstić information content (AvgIpc) is 2.63. The molecular weight excluding hydrogens is 368 g/mol. The third kappa shape index (κ3) is 3.14. The van der Waals surface area contributed by atoms with Gasteiger partial charge in [0.15, 0.2) is 4.77 Å². The molecule has 0 aliphatic rings. The second-order valence-electron chi connectivity index (χ2n) is 5.67. The summed E-state index contributed by atoms with van der Waals surface area (Å²) in [5, 5.41) is 1.07. The summed E-state index contributed by atoms with van der Waals surface area (Å²) in [6, 6.07) is 21.8. The van der Waals surface area contributed by atoms with Crippen LogP contribution in [0, 0.1) is 4.77 Å². The number of aromatic amines is 1. The van der Waals surface area contributed by atoms with E-state index in [1.54, 1.807) is 42.5 Å². The lowest BCUT2D eigenvalue weighted by Crippen LogP contribution is -2.20. The van der Waals surface area contributed by atoms with E-state index in [4.69, 9.17) is 28.6 Å². The summed E-state index contributed by atoms with van der Waals surface area (Å²) in [4.78, 5) is 15.9. The molecule has 4 rings (SSSR count). The van der Waals surface area contributed by atoms with E-state index in [1.165, 1.54) is 4.57 Å². The number of fused-ring (bicyclic) bond motifs is 1. The molecule has 128 valence electrons. The van der Waals surface area contributed by atoms with Crippen LogP contribution in [-0.4, -0.2) is 9.55 Å². The molecule has 1 heterocycles. The molecule has 0 saturated heterocycles. The molecule has 0 amide bonds. The second-order valence-corrected chi connectivity index (χ2v) is 6.49. The highest BCUT2D eigenvalue weighted by molar-refractivity contribution is 7.71. The van der Waals surface area contributed by atoms with Crippen molar-refractivity contribution in [3.63, 3.8) is 0 Å². The van der Waals surface area contributed by atoms with Crippen molar-refractivity contribution in [2.24, 2.45) is 0 Å². The third-order valence-electron chi connectivity index (χ3n) is 3.93. The van der Waals surface area contributed by atoms with Crippen molar-refractivity contribution in [3.8, 4) is 17.2 Å². The smallest absolute Gasteiger partial charge is 0.266 e. The van der Waals surface area contributed by atoms with Gasteiger partial charge in [-0.15, -0.1) is 0 Å². The number of para-hydroxylation sites is 1. The Morgan fingerprint density at radius 2 is 1.62 bits per heavy atom. The van der Waals surface area contributed by atoms with Gasteiger partial charge in [0.2, 0.25) is 0 Å². The Hall–Kier alpha value is -2.89. The second kappa shape index (κ2) is 6.78. The molecule has 26 heavy (non-hydrogen) atoms. The summed E-state index contributed by atoms with van der Waals surface area (Å²) < 4.78 is 7.54. The number of nitrogens with zero attached hydrogens (tertiary/aromatic N) is 1. The Kier molecular flexibility index (Phi) is 4.32. The van der Waals surface area contributed by atoms with Crippen molar-refractivity contribution in [2.75, 3.05) is 0 Å². The topological polar surface area (TPSA) is 47.0 Å². The summed E-state index contributed by atoms with van der Waals surface area (Å²) in [5.41, 5.74) is 1.08. The van der Waals surface area contributed by atoms with E-state index in [-0.39, 0.29) is 5.56 Å². The van der Waals surface area contributed by atoms with Gasteiger partial charge < -0.3 is 9.72 Å². The van der Waals surface area contributed by atoms with Crippen molar-refractivity contribution >= 4 is 34.7 Å². The molecule has 4 aromatic rings. The monoisotopic (exact) mass is 380 g/mol. The van der Waals surface area contributed by atoms with Gasteiger partial charge in [0, 0.05) is 5.02 Å². The first kappa shape index (κ1) is 16.6. The summed E-state index contributed by atoms with van der Waals surface area (Å²) >= 11 is 11.4. The molecule has 0 bridgehead atoms. The minimum absolute atomic E-state index is 0.197. The van der Waals surface area contributed by atoms with Gasteiger partial charge in [0.25, 0.3) is 5.56 Å². The van der Waals surface area contributed by atoms with Crippen molar-refractivity contribution in [3.05, 3.63) is 92.9 Å². The number of halogens is 1. The summed E-state index contributed by atoms with van der Waals surface area (Å²) in [7, 11) is 0. The number of hydrogen-bond acceptors (Lipinski definition) is 3. The first-order valence-corrected chi connectivity index (χ1v) is 8.68. The molecule has 0 unspecified atom stereocenters. The number of ether oxygens (including phenoxy) is 1. The standard InChI is InChI=1S/C20H13ClN2O2S/c21-13-6-11-17-18(12-13)22-20(26)23(19(17)24)14-7-9-16(10-8-14)25-15-4-2-1-3-5-15/h1-12H,(H,22,26). The summed E-state index contributed by atoms with van der Waals surface area (Å²) in [6.07, 6.45) is 0. The molecule has 0 atom stereocenters. The Morgan fingerprint density at radius 3 is 2.35 bits per heavy atom. The minimum atomic E-state index is -0.197. The normalized spacial score (nSPS) is 10.8. The van der Waals surface area contributed by atoms with Gasteiger partial charge >= 0.3 is 0 Å². The first-order chi connectivity index (χ1) is 12.6. The molecule has 0 saturated carbocycles. The summed E-state index contributed by atoms with van der Waals surface area (Å²) in [6.45, 7) is 0. The van der Waals surface area contributed by atoms with Crippen LogP contribution >= 0.6 is 23.8 Å². The van der Waals surface area contributed by atoms with Crippen molar-refractivity contribution < 1.29 is 4.74 Å². The van der Waals surface area contributed by atoms with Crippen LogP contribution in [0.2, 0.25) is 5.02 Å². The molecule has 4 nitrogen and oxygen atoms in total. The maximum atomic E-state index is 12.8. The fourth-order valence-electron chi connectivity index (χ4n) is 2.71. The third-order valence-corrected chi connectivity index (χ3v) is 4.45. The number of benzene rings is 3. The van der Waals surface area contributed by atoms with Crippen LogP contribution in [0.25, 0.3) is 16.6 Å². The van der Waals surface area contributed by atoms with Crippen molar-refractivity contribution in [1.82, 2.24) is 9.55 Å². The maximum Gasteiger partial charge on any atom is 0.266 e. The van der Waals surface area contributed by atoms with Crippen molar-refractivity contribution in [2.45, 2.75) is 0 Å². The van der Waals surface area contributed by atoms with E-state index in [0.29, 0.717) is 32.1 Å². The van der Waals surface area contributed by atoms with Crippen LogP contribution in [0.1, 0.15) is 0 Å². The quantitative estimate of drug-likeness (QED) is 0.478. The molecule has 0 fully saturated rings. The van der Waals surface area contributed by atoms with Gasteiger partial charge in [-0.2, -0.15) is 0 Å². The largest absolute Gasteiger partial charge is 0.457 e. The van der Waals surface area contributed by atoms with E-state index in [2.05, 4.69) is 4.98 Å². The molecule has 0 aliphatic carbocycles. The Balaban J connectivity index is 1.75. The fourth-order valence-corrected chi connectivity index (χ4v) is 3.18. The van der Waals surface area contributed by atoms with Crippen molar-refractivity contribution in [1.29, 1.82) is 0 Å². The predicted molar refractivity (Wildman–Crippen MR) is 106 cm³/mol. The molecule has 6 heteroatoms. The Bertz CT molecular complexity index is 1200. The lowest BCUT2D eigenvalue weighted by molar-refractivity contribution is 0.482. The van der Waals surface area contributed by atoms with Gasteiger partial charge in [0.05, 0.1) is 16.6 Å². The van der Waals surface area contributed by atoms with E-state index in [0.717, 1.165) is 5.75 Å². The van der Waals surface area contributed by atoms with Crippen LogP contribution in [0.4, 0.5) is 0 Å². The zero-order valence-electron chi connectivity index (χ0n) is 13.5. The van der Waals surface area contributed by atoms with E-state index >= 15 is 0 Å². The average molecular weight is 381 g/mol. The summed E-state index contributed by atoms with van der Waals surface area (Å²) in [5.74, 6) is 1.42. The van der Waals surface area contributed by atoms with E-state index in [1.807, 2.05) is 30.3 Å². The zero-order valence-corrected chi connectivity index (χ0v) is 15.1. The minimum Gasteiger partial charge on any atom is -0.457 e. The predicted octanol–water partition coefficient (Wildman–Crippen LogP) is 5.49. The van der Waals surface area contributed by atoms with Crippen LogP contribution in [0.3, 0.4) is 0 Å². The lowest BCUT2D eigenvalue weighted by Gasteiger charge is -2.10. The zero-order chi connectivity index (χ0) is 18.1. The molecule has 3 aromatic carbocycles. The number of rotatable bonds is 3. The number of aromatic nitrogens is 2. The van der Waals surface area contributed by atoms with Crippen LogP contribution < -0.4 is 10.3 Å². The molecule has 1 N–H and O–H groups in total. The number of hydrogen-bond donors (Lipinski definition) is 1. The number of H-pyrrole nitrogens is 1. The van der Waals surface area contributed by atoms with Gasteiger partial charge in [0.1, 0.15) is 11.5 Å². The van der Waals surface area contributed by atoms with Crippen LogP contribution in [0.5, 0.6) is 11.5 Å². The molecular formula is C20H13ClN2O2S. The SMILES string of the molecule is O=c1c2ccc(Cl)cc2[nH]c(=S)n1-c1ccc(Oc2ccccc2)cc1. The van der Waals surface area contributed by atoms with Gasteiger partial charge in [-0.05, 0) is 66.8 Å². The maximum absolute atomic E-state index is 12.8. The van der Waals surface area contributed by atoms with Gasteiger partial charge in [-0.25, -0.2) is 0 Å².